The standard InChI is InChI=1S/C27H30N2O5S/c1-33-25-17-12-21(18-26(25)35(31,32)29-23-10-6-3-7-11-23)27(30)28-22-13-15-24(16-14-22)34-19-20-8-4-2-5-9-20/h2,4-5,8-9,12-18,23,29H,3,6-7,10-11,19H2,1H3,(H,28,30). The summed E-state index contributed by atoms with van der Waals surface area (Å²) >= 11 is 0. The summed E-state index contributed by atoms with van der Waals surface area (Å²) in [5.41, 5.74) is 1.86. The maximum Gasteiger partial charge on any atom is 0.255 e. The van der Waals surface area contributed by atoms with Crippen LogP contribution in [0.3, 0.4) is 0 Å². The van der Waals surface area contributed by atoms with Crippen molar-refractivity contribution in [2.45, 2.75) is 49.6 Å². The van der Waals surface area contributed by atoms with Crippen LogP contribution in [-0.2, 0) is 16.6 Å². The minimum Gasteiger partial charge on any atom is -0.495 e. The summed E-state index contributed by atoms with van der Waals surface area (Å²) < 4.78 is 40.0. The highest BCUT2D eigenvalue weighted by atomic mass is 32.2. The van der Waals surface area contributed by atoms with Crippen LogP contribution in [0.1, 0.15) is 48.0 Å². The summed E-state index contributed by atoms with van der Waals surface area (Å²) in [6.45, 7) is 0.449. The lowest BCUT2D eigenvalue weighted by Gasteiger charge is -2.23. The van der Waals surface area contributed by atoms with Crippen LogP contribution < -0.4 is 19.5 Å². The number of carbonyl (C=O) groups is 1. The Kier molecular flexibility index (Phi) is 8.05. The molecule has 0 saturated heterocycles. The molecule has 1 aliphatic rings. The van der Waals surface area contributed by atoms with Gasteiger partial charge in [-0.05, 0) is 60.9 Å². The molecule has 1 saturated carbocycles. The predicted octanol–water partition coefficient (Wildman–Crippen LogP) is 5.14. The van der Waals surface area contributed by atoms with E-state index < -0.39 is 15.9 Å². The summed E-state index contributed by atoms with van der Waals surface area (Å²) in [4.78, 5) is 12.8. The number of ether oxygens (including phenoxy) is 2. The molecule has 0 radical (unpaired) electrons. The van der Waals surface area contributed by atoms with Crippen LogP contribution in [0.15, 0.2) is 77.7 Å². The first-order chi connectivity index (χ1) is 16.9. The maximum atomic E-state index is 13.1. The summed E-state index contributed by atoms with van der Waals surface area (Å²) in [6.07, 6.45) is 4.75. The largest absolute Gasteiger partial charge is 0.495 e. The van der Waals surface area contributed by atoms with Crippen LogP contribution in [0.2, 0.25) is 0 Å². The van der Waals surface area contributed by atoms with E-state index in [1.54, 1.807) is 30.3 Å². The second kappa shape index (κ2) is 11.4. The number of rotatable bonds is 9. The van der Waals surface area contributed by atoms with E-state index in [1.165, 1.54) is 19.2 Å². The molecule has 0 spiro atoms. The molecule has 0 aliphatic heterocycles. The van der Waals surface area contributed by atoms with Gasteiger partial charge in [0.25, 0.3) is 5.91 Å². The molecular weight excluding hydrogens is 464 g/mol. The quantitative estimate of drug-likeness (QED) is 0.430. The Balaban J connectivity index is 1.43. The van der Waals surface area contributed by atoms with Crippen LogP contribution >= 0.6 is 0 Å². The average molecular weight is 495 g/mol. The van der Waals surface area contributed by atoms with Crippen LogP contribution in [0.25, 0.3) is 0 Å². The molecule has 0 bridgehead atoms. The number of amides is 1. The van der Waals surface area contributed by atoms with Gasteiger partial charge in [0.2, 0.25) is 10.0 Å². The Hall–Kier alpha value is -3.36. The minimum absolute atomic E-state index is 0.0390. The molecule has 0 unspecified atom stereocenters. The first-order valence-electron chi connectivity index (χ1n) is 11.7. The van der Waals surface area contributed by atoms with Gasteiger partial charge in [0.15, 0.2) is 0 Å². The van der Waals surface area contributed by atoms with E-state index in [9.17, 15) is 13.2 Å². The highest BCUT2D eigenvalue weighted by Crippen LogP contribution is 2.27. The average Bonchev–Trinajstić information content (AvgIpc) is 2.89. The molecule has 3 aromatic rings. The molecule has 1 amide bonds. The van der Waals surface area contributed by atoms with Gasteiger partial charge in [-0.1, -0.05) is 49.6 Å². The molecule has 0 atom stereocenters. The predicted molar refractivity (Wildman–Crippen MR) is 135 cm³/mol. The maximum absolute atomic E-state index is 13.1. The number of methoxy groups -OCH3 is 1. The fourth-order valence-corrected chi connectivity index (χ4v) is 5.61. The van der Waals surface area contributed by atoms with Crippen molar-refractivity contribution in [2.24, 2.45) is 0 Å². The van der Waals surface area contributed by atoms with Gasteiger partial charge >= 0.3 is 0 Å². The van der Waals surface area contributed by atoms with Gasteiger partial charge in [-0.3, -0.25) is 4.79 Å². The number of nitrogens with one attached hydrogen (secondary N) is 2. The van der Waals surface area contributed by atoms with Gasteiger partial charge in [0, 0.05) is 17.3 Å². The van der Waals surface area contributed by atoms with Crippen molar-refractivity contribution in [1.82, 2.24) is 4.72 Å². The van der Waals surface area contributed by atoms with E-state index in [4.69, 9.17) is 9.47 Å². The van der Waals surface area contributed by atoms with Gasteiger partial charge < -0.3 is 14.8 Å². The lowest BCUT2D eigenvalue weighted by Crippen LogP contribution is -2.36. The molecule has 35 heavy (non-hydrogen) atoms. The molecule has 7 nitrogen and oxygen atoms in total. The topological polar surface area (TPSA) is 93.7 Å². The molecule has 3 aromatic carbocycles. The number of anilines is 1. The van der Waals surface area contributed by atoms with Crippen LogP contribution in [0.5, 0.6) is 11.5 Å². The van der Waals surface area contributed by atoms with E-state index >= 15 is 0 Å². The Labute approximate surface area is 206 Å². The highest BCUT2D eigenvalue weighted by molar-refractivity contribution is 7.89. The molecule has 4 rings (SSSR count). The van der Waals surface area contributed by atoms with Crippen molar-refractivity contribution in [3.63, 3.8) is 0 Å². The summed E-state index contributed by atoms with van der Waals surface area (Å²) in [5, 5.41) is 2.81. The molecule has 0 heterocycles. The number of hydrogen-bond donors (Lipinski definition) is 2. The first-order valence-corrected chi connectivity index (χ1v) is 13.2. The second-order valence-corrected chi connectivity index (χ2v) is 10.3. The molecule has 2 N–H and O–H groups in total. The second-order valence-electron chi connectivity index (χ2n) is 8.57. The van der Waals surface area contributed by atoms with Crippen molar-refractivity contribution in [1.29, 1.82) is 0 Å². The SMILES string of the molecule is COc1ccc(C(=O)Nc2ccc(OCc3ccccc3)cc2)cc1S(=O)(=O)NC1CCCCC1. The zero-order valence-electron chi connectivity index (χ0n) is 19.7. The summed E-state index contributed by atoms with van der Waals surface area (Å²) in [5.74, 6) is 0.461. The van der Waals surface area contributed by atoms with Gasteiger partial charge in [-0.25, -0.2) is 13.1 Å². The minimum atomic E-state index is -3.84. The third-order valence-corrected chi connectivity index (χ3v) is 7.54. The Morgan fingerprint density at radius 3 is 2.34 bits per heavy atom. The molecule has 0 aromatic heterocycles. The summed E-state index contributed by atoms with van der Waals surface area (Å²) in [7, 11) is -2.43. The van der Waals surface area contributed by atoms with Crippen LogP contribution in [0, 0.1) is 0 Å². The Morgan fingerprint density at radius 2 is 1.66 bits per heavy atom. The van der Waals surface area contributed by atoms with E-state index in [2.05, 4.69) is 10.0 Å². The third-order valence-electron chi connectivity index (χ3n) is 6.00. The van der Waals surface area contributed by atoms with Crippen molar-refractivity contribution in [3.05, 3.63) is 83.9 Å². The van der Waals surface area contributed by atoms with E-state index in [1.807, 2.05) is 30.3 Å². The smallest absolute Gasteiger partial charge is 0.255 e. The first kappa shape index (κ1) is 24.8. The lowest BCUT2D eigenvalue weighted by atomic mass is 9.96. The van der Waals surface area contributed by atoms with Gasteiger partial charge in [0.1, 0.15) is 23.0 Å². The van der Waals surface area contributed by atoms with Crippen molar-refractivity contribution >= 4 is 21.6 Å². The molecule has 184 valence electrons. The lowest BCUT2D eigenvalue weighted by molar-refractivity contribution is 0.102. The van der Waals surface area contributed by atoms with E-state index in [-0.39, 0.29) is 22.3 Å². The fraction of sp³-hybridized carbons (Fsp3) is 0.296. The van der Waals surface area contributed by atoms with Crippen LogP contribution in [-0.4, -0.2) is 27.5 Å². The fourth-order valence-electron chi connectivity index (χ4n) is 4.11. The monoisotopic (exact) mass is 494 g/mol. The molecule has 1 aliphatic carbocycles. The number of carbonyl (C=O) groups excluding carboxylic acids is 1. The van der Waals surface area contributed by atoms with E-state index in [0.717, 1.165) is 37.7 Å². The van der Waals surface area contributed by atoms with Gasteiger partial charge in [-0.2, -0.15) is 0 Å². The van der Waals surface area contributed by atoms with Gasteiger partial charge in [-0.15, -0.1) is 0 Å². The number of sulfonamides is 1. The molecule has 8 heteroatoms. The van der Waals surface area contributed by atoms with Gasteiger partial charge in [0.05, 0.1) is 7.11 Å². The number of hydrogen-bond acceptors (Lipinski definition) is 5. The number of benzene rings is 3. The highest BCUT2D eigenvalue weighted by Gasteiger charge is 2.26. The zero-order valence-corrected chi connectivity index (χ0v) is 20.5. The van der Waals surface area contributed by atoms with Crippen molar-refractivity contribution in [2.75, 3.05) is 12.4 Å². The third kappa shape index (κ3) is 6.61. The Morgan fingerprint density at radius 1 is 0.943 bits per heavy atom. The van der Waals surface area contributed by atoms with E-state index in [0.29, 0.717) is 18.0 Å². The van der Waals surface area contributed by atoms with Crippen molar-refractivity contribution in [3.8, 4) is 11.5 Å². The van der Waals surface area contributed by atoms with Crippen LogP contribution in [0.4, 0.5) is 5.69 Å². The summed E-state index contributed by atoms with van der Waals surface area (Å²) in [6, 6.07) is 21.2. The molecular formula is C27H30N2O5S. The normalized spacial score (nSPS) is 14.3. The molecule has 1 fully saturated rings. The zero-order chi connectivity index (χ0) is 24.7. The Bertz CT molecular complexity index is 1240. The van der Waals surface area contributed by atoms with Crippen molar-refractivity contribution < 1.29 is 22.7 Å².